The molecule has 1 fully saturated rings. The van der Waals surface area contributed by atoms with Crippen LogP contribution < -0.4 is 19.7 Å². The zero-order chi connectivity index (χ0) is 22.7. The molecule has 4 amide bonds. The summed E-state index contributed by atoms with van der Waals surface area (Å²) in [5.74, 6) is -2.45. The number of aliphatic carboxylic acids is 1. The number of halogens is 1. The predicted octanol–water partition coefficient (Wildman–Crippen LogP) is 2.87. The second-order valence-electron chi connectivity index (χ2n) is 6.45. The Labute approximate surface area is 181 Å². The van der Waals surface area contributed by atoms with Crippen LogP contribution >= 0.6 is 11.6 Å². The summed E-state index contributed by atoms with van der Waals surface area (Å²) < 4.78 is 10.5. The molecule has 3 rings (SSSR count). The monoisotopic (exact) mass is 444 g/mol. The van der Waals surface area contributed by atoms with E-state index in [1.807, 2.05) is 0 Å². The lowest BCUT2D eigenvalue weighted by Gasteiger charge is -2.26. The predicted molar refractivity (Wildman–Crippen MR) is 111 cm³/mol. The van der Waals surface area contributed by atoms with E-state index in [9.17, 15) is 19.2 Å². The Morgan fingerprint density at radius 2 is 1.90 bits per heavy atom. The fourth-order valence-corrected chi connectivity index (χ4v) is 2.97. The highest BCUT2D eigenvalue weighted by molar-refractivity contribution is 6.39. The maximum absolute atomic E-state index is 12.9. The molecule has 2 aromatic rings. The number of anilines is 1. The summed E-state index contributed by atoms with van der Waals surface area (Å²) in [6, 6.07) is 9.63. The van der Waals surface area contributed by atoms with Gasteiger partial charge in [0, 0.05) is 5.02 Å². The second-order valence-corrected chi connectivity index (χ2v) is 6.88. The summed E-state index contributed by atoms with van der Waals surface area (Å²) in [6.07, 6.45) is 0.176. The van der Waals surface area contributed by atoms with Gasteiger partial charge in [0.1, 0.15) is 5.57 Å². The summed E-state index contributed by atoms with van der Waals surface area (Å²) in [6.45, 7) is 1.37. The summed E-state index contributed by atoms with van der Waals surface area (Å²) in [5, 5.41) is 11.4. The Hall–Kier alpha value is -3.85. The van der Waals surface area contributed by atoms with Crippen molar-refractivity contribution in [3.8, 4) is 11.5 Å². The fraction of sp³-hybridized carbons (Fsp3) is 0.143. The number of nitrogens with one attached hydrogen (secondary N) is 1. The number of hydrogen-bond donors (Lipinski definition) is 2. The number of carbonyl (C=O) groups excluding carboxylic acids is 3. The molecule has 0 bridgehead atoms. The van der Waals surface area contributed by atoms with Crippen LogP contribution in [0, 0.1) is 0 Å². The molecule has 0 radical (unpaired) electrons. The van der Waals surface area contributed by atoms with E-state index < -0.39 is 29.9 Å². The summed E-state index contributed by atoms with van der Waals surface area (Å²) >= 11 is 5.94. The highest BCUT2D eigenvalue weighted by atomic mass is 35.5. The maximum atomic E-state index is 12.9. The van der Waals surface area contributed by atoms with Crippen molar-refractivity contribution in [1.82, 2.24) is 5.32 Å². The zero-order valence-electron chi connectivity index (χ0n) is 16.4. The van der Waals surface area contributed by atoms with Crippen LogP contribution in [0.25, 0.3) is 6.08 Å². The van der Waals surface area contributed by atoms with Crippen molar-refractivity contribution in [1.29, 1.82) is 0 Å². The van der Waals surface area contributed by atoms with Crippen molar-refractivity contribution in [3.63, 3.8) is 0 Å². The topological polar surface area (TPSA) is 122 Å². The molecule has 0 aromatic heterocycles. The van der Waals surface area contributed by atoms with Gasteiger partial charge >= 0.3 is 12.0 Å². The molecule has 1 heterocycles. The number of barbiturate groups is 1. The van der Waals surface area contributed by atoms with Gasteiger partial charge in [0.15, 0.2) is 17.6 Å². The average Bonchev–Trinajstić information content (AvgIpc) is 2.71. The Kier molecular flexibility index (Phi) is 6.26. The van der Waals surface area contributed by atoms with E-state index in [0.717, 1.165) is 4.90 Å². The Balaban J connectivity index is 1.96. The van der Waals surface area contributed by atoms with E-state index in [1.54, 1.807) is 12.1 Å². The average molecular weight is 445 g/mol. The smallest absolute Gasteiger partial charge is 0.344 e. The molecule has 0 unspecified atom stereocenters. The molecule has 0 saturated carbocycles. The number of ether oxygens (including phenoxy) is 2. The van der Waals surface area contributed by atoms with Gasteiger partial charge in [-0.25, -0.2) is 14.5 Å². The molecular formula is C21H17ClN2O7. The number of hydrogen-bond acceptors (Lipinski definition) is 6. The van der Waals surface area contributed by atoms with Gasteiger partial charge in [0.25, 0.3) is 11.8 Å². The zero-order valence-corrected chi connectivity index (χ0v) is 17.2. The molecule has 0 aliphatic carbocycles. The van der Waals surface area contributed by atoms with Crippen LogP contribution in [-0.4, -0.2) is 42.1 Å². The van der Waals surface area contributed by atoms with Crippen molar-refractivity contribution in [3.05, 3.63) is 58.6 Å². The van der Waals surface area contributed by atoms with Crippen LogP contribution in [0.2, 0.25) is 5.02 Å². The van der Waals surface area contributed by atoms with Crippen LogP contribution in [-0.2, 0) is 14.4 Å². The molecule has 0 spiro atoms. The molecule has 31 heavy (non-hydrogen) atoms. The number of imide groups is 2. The number of benzene rings is 2. The van der Waals surface area contributed by atoms with Gasteiger partial charge in [-0.05, 0) is 48.9 Å². The van der Waals surface area contributed by atoms with Crippen molar-refractivity contribution in [2.75, 3.05) is 12.0 Å². The molecule has 1 atom stereocenters. The molecule has 2 aromatic carbocycles. The number of amides is 4. The molecule has 1 saturated heterocycles. The number of carboxylic acid groups (broad SMARTS) is 1. The largest absolute Gasteiger partial charge is 0.493 e. The minimum atomic E-state index is -1.15. The number of nitrogens with zero attached hydrogens (tertiary/aromatic N) is 1. The molecule has 1 aliphatic rings. The number of carboxylic acids is 1. The number of urea groups is 1. The minimum Gasteiger partial charge on any atom is -0.493 e. The molecule has 1 aliphatic heterocycles. The minimum absolute atomic E-state index is 0.176. The first-order chi connectivity index (χ1) is 14.7. The lowest BCUT2D eigenvalue weighted by atomic mass is 10.1. The maximum Gasteiger partial charge on any atom is 0.344 e. The Morgan fingerprint density at radius 3 is 2.55 bits per heavy atom. The number of carbonyl (C=O) groups is 4. The summed E-state index contributed by atoms with van der Waals surface area (Å²) in [7, 11) is 1.36. The van der Waals surface area contributed by atoms with Gasteiger partial charge in [0.2, 0.25) is 0 Å². The van der Waals surface area contributed by atoms with Crippen LogP contribution in [0.5, 0.6) is 11.5 Å². The van der Waals surface area contributed by atoms with E-state index in [1.165, 1.54) is 50.4 Å². The van der Waals surface area contributed by atoms with Crippen molar-refractivity contribution < 1.29 is 33.8 Å². The number of rotatable bonds is 6. The molecule has 2 N–H and O–H groups in total. The molecule has 9 nitrogen and oxygen atoms in total. The van der Waals surface area contributed by atoms with Crippen LogP contribution in [0.4, 0.5) is 10.5 Å². The van der Waals surface area contributed by atoms with Crippen LogP contribution in [0.15, 0.2) is 48.0 Å². The highest BCUT2D eigenvalue weighted by Crippen LogP contribution is 2.31. The van der Waals surface area contributed by atoms with E-state index >= 15 is 0 Å². The summed E-state index contributed by atoms with van der Waals surface area (Å²) in [4.78, 5) is 49.3. The van der Waals surface area contributed by atoms with Gasteiger partial charge in [-0.2, -0.15) is 0 Å². The van der Waals surface area contributed by atoms with Gasteiger partial charge in [0.05, 0.1) is 12.8 Å². The SMILES string of the molecule is COc1cc(/C=C2\C(=O)NC(=O)N(c3cccc(Cl)c3)C2=O)ccc1O[C@H](C)C(=O)O. The number of methoxy groups -OCH3 is 1. The lowest BCUT2D eigenvalue weighted by Crippen LogP contribution is -2.54. The standard InChI is InChI=1S/C21H17ClN2O7/c1-11(20(27)28)31-16-7-6-12(9-17(16)30-2)8-15-18(25)23-21(29)24(19(15)26)14-5-3-4-13(22)10-14/h3-11H,1-2H3,(H,27,28)(H,23,25,29)/b15-8+/t11-/m1/s1. The quantitative estimate of drug-likeness (QED) is 0.518. The van der Waals surface area contributed by atoms with E-state index in [4.69, 9.17) is 26.2 Å². The third kappa shape index (κ3) is 4.67. The first kappa shape index (κ1) is 21.8. The Morgan fingerprint density at radius 1 is 1.16 bits per heavy atom. The second kappa shape index (κ2) is 8.88. The van der Waals surface area contributed by atoms with E-state index in [0.29, 0.717) is 10.6 Å². The van der Waals surface area contributed by atoms with Gasteiger partial charge in [-0.1, -0.05) is 23.7 Å². The van der Waals surface area contributed by atoms with E-state index in [2.05, 4.69) is 5.32 Å². The van der Waals surface area contributed by atoms with Crippen LogP contribution in [0.3, 0.4) is 0 Å². The normalized spacial score (nSPS) is 16.2. The third-order valence-corrected chi connectivity index (χ3v) is 4.55. The van der Waals surface area contributed by atoms with Crippen molar-refractivity contribution >= 4 is 47.2 Å². The van der Waals surface area contributed by atoms with E-state index in [-0.39, 0.29) is 22.8 Å². The fourth-order valence-electron chi connectivity index (χ4n) is 2.79. The first-order valence-electron chi connectivity index (χ1n) is 8.95. The van der Waals surface area contributed by atoms with Gasteiger partial charge < -0.3 is 14.6 Å². The highest BCUT2D eigenvalue weighted by Gasteiger charge is 2.36. The van der Waals surface area contributed by atoms with Crippen molar-refractivity contribution in [2.24, 2.45) is 0 Å². The first-order valence-corrected chi connectivity index (χ1v) is 9.33. The third-order valence-electron chi connectivity index (χ3n) is 4.32. The summed E-state index contributed by atoms with van der Waals surface area (Å²) in [5.41, 5.74) is 0.317. The van der Waals surface area contributed by atoms with Gasteiger partial charge in [-0.15, -0.1) is 0 Å². The van der Waals surface area contributed by atoms with Crippen molar-refractivity contribution in [2.45, 2.75) is 13.0 Å². The molecule has 160 valence electrons. The molecule has 10 heteroatoms. The van der Waals surface area contributed by atoms with Crippen LogP contribution in [0.1, 0.15) is 12.5 Å². The lowest BCUT2D eigenvalue weighted by molar-refractivity contribution is -0.144. The Bertz CT molecular complexity index is 1110. The molecular weight excluding hydrogens is 428 g/mol. The van der Waals surface area contributed by atoms with Gasteiger partial charge in [-0.3, -0.25) is 14.9 Å².